The quantitative estimate of drug-likeness (QED) is 0.660. The molecule has 120 valence electrons. The summed E-state index contributed by atoms with van der Waals surface area (Å²) in [7, 11) is 0. The smallest absolute Gasteiger partial charge is 0.332 e. The Morgan fingerprint density at radius 3 is 2.05 bits per heavy atom. The maximum atomic E-state index is 12.4. The number of fused-ring (bicyclic) bond motifs is 1. The molecule has 1 aliphatic rings. The van der Waals surface area contributed by atoms with Crippen molar-refractivity contribution in [1.29, 1.82) is 0 Å². The van der Waals surface area contributed by atoms with Gasteiger partial charge in [0.05, 0.1) is 6.61 Å². The highest BCUT2D eigenvalue weighted by atomic mass is 35.5. The molecule has 0 aromatic heterocycles. The number of halogens is 2. The van der Waals surface area contributed by atoms with E-state index < -0.39 is 11.5 Å². The van der Waals surface area contributed by atoms with E-state index in [1.165, 1.54) is 6.92 Å². The Bertz CT molecular complexity index is 568. The van der Waals surface area contributed by atoms with E-state index in [9.17, 15) is 9.59 Å². The molecule has 0 fully saturated rings. The lowest BCUT2D eigenvalue weighted by Gasteiger charge is -2.27. The van der Waals surface area contributed by atoms with Crippen LogP contribution < -0.4 is 5.32 Å². The summed E-state index contributed by atoms with van der Waals surface area (Å²) in [6.45, 7) is 3.42. The van der Waals surface area contributed by atoms with Crippen LogP contribution in [-0.4, -0.2) is 24.0 Å². The Hall–Kier alpha value is -1.26. The van der Waals surface area contributed by atoms with Crippen molar-refractivity contribution in [2.75, 3.05) is 6.61 Å². The van der Waals surface area contributed by atoms with Crippen LogP contribution in [0.25, 0.3) is 0 Å². The number of ether oxygens (including phenoxy) is 1. The number of hydrogen-bond acceptors (Lipinski definition) is 3. The van der Waals surface area contributed by atoms with Crippen molar-refractivity contribution in [2.24, 2.45) is 0 Å². The fourth-order valence-electron chi connectivity index (χ4n) is 2.97. The van der Waals surface area contributed by atoms with Gasteiger partial charge in [0, 0.05) is 31.5 Å². The van der Waals surface area contributed by atoms with E-state index in [2.05, 4.69) is 5.32 Å². The van der Waals surface area contributed by atoms with Crippen molar-refractivity contribution in [3.63, 3.8) is 0 Å². The van der Waals surface area contributed by atoms with Gasteiger partial charge < -0.3 is 10.1 Å². The summed E-state index contributed by atoms with van der Waals surface area (Å²) >= 11 is 11.9. The van der Waals surface area contributed by atoms with Crippen LogP contribution in [-0.2, 0) is 38.9 Å². The number of rotatable bonds is 5. The Kier molecular flexibility index (Phi) is 5.35. The molecule has 1 aromatic carbocycles. The topological polar surface area (TPSA) is 55.4 Å². The van der Waals surface area contributed by atoms with E-state index >= 15 is 0 Å². The molecule has 0 radical (unpaired) electrons. The van der Waals surface area contributed by atoms with E-state index in [4.69, 9.17) is 27.9 Å². The fourth-order valence-corrected chi connectivity index (χ4v) is 3.47. The first-order valence-corrected chi connectivity index (χ1v) is 8.24. The summed E-state index contributed by atoms with van der Waals surface area (Å²) < 4.78 is 5.17. The van der Waals surface area contributed by atoms with Gasteiger partial charge in [0.1, 0.15) is 5.54 Å². The third kappa shape index (κ3) is 3.23. The van der Waals surface area contributed by atoms with Gasteiger partial charge in [0.15, 0.2) is 0 Å². The number of nitrogens with one attached hydrogen (secondary N) is 1. The molecule has 0 aliphatic heterocycles. The van der Waals surface area contributed by atoms with Crippen LogP contribution in [0.1, 0.15) is 36.1 Å². The number of carbonyl (C=O) groups is 2. The van der Waals surface area contributed by atoms with Crippen molar-refractivity contribution in [3.8, 4) is 0 Å². The lowest BCUT2D eigenvalue weighted by atomic mass is 9.95. The average Bonchev–Trinajstić information content (AvgIpc) is 2.83. The monoisotopic (exact) mass is 343 g/mol. The molecule has 0 saturated carbocycles. The second kappa shape index (κ2) is 6.88. The van der Waals surface area contributed by atoms with Crippen molar-refractivity contribution in [1.82, 2.24) is 5.32 Å². The Morgan fingerprint density at radius 2 is 1.68 bits per heavy atom. The second-order valence-electron chi connectivity index (χ2n) is 5.49. The average molecular weight is 344 g/mol. The molecule has 1 aromatic rings. The number of alkyl halides is 2. The first-order chi connectivity index (χ1) is 10.5. The minimum absolute atomic E-state index is 0.254. The number of benzene rings is 1. The number of carbonyl (C=O) groups excluding carboxylic acids is 2. The van der Waals surface area contributed by atoms with Crippen molar-refractivity contribution < 1.29 is 14.3 Å². The zero-order chi connectivity index (χ0) is 16.3. The molecular weight excluding hydrogens is 325 g/mol. The van der Waals surface area contributed by atoms with E-state index in [0.717, 1.165) is 22.3 Å². The van der Waals surface area contributed by atoms with Crippen LogP contribution in [0.3, 0.4) is 0 Å². The van der Waals surface area contributed by atoms with Crippen molar-refractivity contribution in [3.05, 3.63) is 34.4 Å². The van der Waals surface area contributed by atoms with Crippen LogP contribution in [0.4, 0.5) is 0 Å². The molecule has 0 atom stereocenters. The van der Waals surface area contributed by atoms with Gasteiger partial charge >= 0.3 is 5.97 Å². The highest BCUT2D eigenvalue weighted by Crippen LogP contribution is 2.34. The molecule has 1 aliphatic carbocycles. The third-order valence-electron chi connectivity index (χ3n) is 3.88. The number of esters is 1. The molecule has 0 unspecified atom stereocenters. The largest absolute Gasteiger partial charge is 0.464 e. The van der Waals surface area contributed by atoms with E-state index in [1.807, 2.05) is 12.1 Å². The summed E-state index contributed by atoms with van der Waals surface area (Å²) in [4.78, 5) is 23.9. The summed E-state index contributed by atoms with van der Waals surface area (Å²) in [5.74, 6) is 0.0706. The Balaban J connectivity index is 2.40. The summed E-state index contributed by atoms with van der Waals surface area (Å²) in [5.41, 5.74) is 2.90. The maximum Gasteiger partial charge on any atom is 0.332 e. The minimum atomic E-state index is -1.03. The number of amides is 1. The van der Waals surface area contributed by atoms with Gasteiger partial charge in [-0.3, -0.25) is 4.79 Å². The highest BCUT2D eigenvalue weighted by Gasteiger charge is 2.46. The zero-order valence-electron chi connectivity index (χ0n) is 12.7. The first kappa shape index (κ1) is 17.1. The first-order valence-electron chi connectivity index (χ1n) is 7.17. The molecule has 4 nitrogen and oxygen atoms in total. The molecule has 0 spiro atoms. The van der Waals surface area contributed by atoms with E-state index in [0.29, 0.717) is 24.6 Å². The maximum absolute atomic E-state index is 12.4. The molecule has 1 N–H and O–H groups in total. The van der Waals surface area contributed by atoms with Gasteiger partial charge in [-0.15, -0.1) is 23.2 Å². The Labute approximate surface area is 140 Å². The van der Waals surface area contributed by atoms with Crippen molar-refractivity contribution >= 4 is 35.1 Å². The van der Waals surface area contributed by atoms with Gasteiger partial charge in [-0.25, -0.2) is 4.79 Å². The molecule has 1 amide bonds. The van der Waals surface area contributed by atoms with Gasteiger partial charge in [-0.2, -0.15) is 0 Å². The van der Waals surface area contributed by atoms with E-state index in [-0.39, 0.29) is 12.5 Å². The summed E-state index contributed by atoms with van der Waals surface area (Å²) in [5, 5.41) is 2.78. The molecule has 22 heavy (non-hydrogen) atoms. The third-order valence-corrected chi connectivity index (χ3v) is 4.45. The molecule has 2 rings (SSSR count). The standard InChI is InChI=1S/C16H19Cl2NO3/c1-3-22-15(21)16(19-10(2)20)6-11-4-13(8-17)14(9-18)5-12(11)7-16/h4-5H,3,6-9H2,1-2H3,(H,19,20). The number of hydrogen-bond donors (Lipinski definition) is 1. The molecule has 6 heteroatoms. The summed E-state index contributed by atoms with van der Waals surface area (Å²) in [6, 6.07) is 3.95. The highest BCUT2D eigenvalue weighted by molar-refractivity contribution is 6.18. The van der Waals surface area contributed by atoms with E-state index in [1.54, 1.807) is 6.92 Å². The van der Waals surface area contributed by atoms with Crippen LogP contribution in [0.5, 0.6) is 0 Å². The predicted octanol–water partition coefficient (Wildman–Crippen LogP) is 2.70. The molecular formula is C16H19Cl2NO3. The van der Waals surface area contributed by atoms with Crippen LogP contribution in [0.2, 0.25) is 0 Å². The fraction of sp³-hybridized carbons (Fsp3) is 0.500. The van der Waals surface area contributed by atoms with Gasteiger partial charge in [-0.05, 0) is 29.2 Å². The van der Waals surface area contributed by atoms with Crippen LogP contribution in [0.15, 0.2) is 12.1 Å². The normalized spacial score (nSPS) is 15.3. The molecule has 0 bridgehead atoms. The van der Waals surface area contributed by atoms with Gasteiger partial charge in [-0.1, -0.05) is 12.1 Å². The van der Waals surface area contributed by atoms with Crippen LogP contribution >= 0.6 is 23.2 Å². The van der Waals surface area contributed by atoms with Crippen LogP contribution in [0, 0.1) is 0 Å². The van der Waals surface area contributed by atoms with Gasteiger partial charge in [0.25, 0.3) is 0 Å². The SMILES string of the molecule is CCOC(=O)C1(NC(C)=O)Cc2cc(CCl)c(CCl)cc2C1. The minimum Gasteiger partial charge on any atom is -0.464 e. The molecule has 0 saturated heterocycles. The lowest BCUT2D eigenvalue weighted by Crippen LogP contribution is -2.55. The lowest BCUT2D eigenvalue weighted by molar-refractivity contribution is -0.152. The zero-order valence-corrected chi connectivity index (χ0v) is 14.2. The predicted molar refractivity (Wildman–Crippen MR) is 86.1 cm³/mol. The second-order valence-corrected chi connectivity index (χ2v) is 6.03. The van der Waals surface area contributed by atoms with Gasteiger partial charge in [0.2, 0.25) is 5.91 Å². The molecule has 0 heterocycles. The Morgan fingerprint density at radius 1 is 1.18 bits per heavy atom. The summed E-state index contributed by atoms with van der Waals surface area (Å²) in [6.07, 6.45) is 0.820. The van der Waals surface area contributed by atoms with Crippen molar-refractivity contribution in [2.45, 2.75) is 44.0 Å².